The zero-order valence-electron chi connectivity index (χ0n) is 33.3. The average Bonchev–Trinajstić information content (AvgIpc) is 3.26. The Morgan fingerprint density at radius 3 is 1.51 bits per heavy atom. The molecule has 7 N–H and O–H groups in total. The van der Waals surface area contributed by atoms with Crippen molar-refractivity contribution in [3.63, 3.8) is 0 Å². The van der Waals surface area contributed by atoms with E-state index in [2.05, 4.69) is 53.2 Å². The first-order valence-corrected chi connectivity index (χ1v) is 28.0. The average molecular weight is 1370 g/mol. The van der Waals surface area contributed by atoms with Gasteiger partial charge in [-0.15, -0.1) is 0 Å². The number of nitrogen functional groups attached to an aromatic ring is 1. The summed E-state index contributed by atoms with van der Waals surface area (Å²) in [6.07, 6.45) is 5.75. The topological polar surface area (TPSA) is 143 Å². The van der Waals surface area contributed by atoms with Crippen molar-refractivity contribution in [3.05, 3.63) is 120 Å². The third-order valence-corrected chi connectivity index (χ3v) is 12.4. The lowest BCUT2D eigenvalue weighted by molar-refractivity contribution is -0.108. The molecule has 4 heterocycles. The first kappa shape index (κ1) is 57.0. The van der Waals surface area contributed by atoms with Crippen LogP contribution in [0.3, 0.4) is 0 Å². The fourth-order valence-corrected chi connectivity index (χ4v) is 8.59. The van der Waals surface area contributed by atoms with Crippen molar-refractivity contribution >= 4 is 111 Å². The smallest absolute Gasteiger partial charge is 0.257 e. The molecule has 358 valence electrons. The van der Waals surface area contributed by atoms with E-state index in [9.17, 15) is 50.5 Å². The van der Waals surface area contributed by atoms with Crippen molar-refractivity contribution < 1.29 is 50.5 Å². The van der Waals surface area contributed by atoms with Crippen LogP contribution in [0.1, 0.15) is 74.1 Å². The predicted molar refractivity (Wildman–Crippen MR) is 273 cm³/mol. The monoisotopic (exact) mass is 1370 g/mol. The number of benzene rings is 4. The Morgan fingerprint density at radius 2 is 1.06 bits per heavy atom. The van der Waals surface area contributed by atoms with Crippen molar-refractivity contribution in [1.82, 2.24) is 20.4 Å². The van der Waals surface area contributed by atoms with E-state index in [0.717, 1.165) is 73.4 Å². The van der Waals surface area contributed by atoms with Crippen LogP contribution < -0.4 is 21.7 Å². The van der Waals surface area contributed by atoms with Gasteiger partial charge in [0.15, 0.2) is 29.1 Å². The normalized spacial score (nSPS) is 19.0. The number of halogens is 11. The number of β-amino-alcohol motifs (C(OH)–C–C–N with tert-alkyl or cyclic N) is 2. The number of hydrogen-bond acceptors (Lipinski definition) is 8. The Balaban J connectivity index is 0.000000281. The SMILES string of the molecule is C.C.II.Nc1ccc(I)cc1F.O=C(c1ccc(F)c(F)c1F)N1CC(O)([C@@H]2CCCCN2)C1.O=C(c1ccc(F)c(F)c1Nc1ccc(I)cc1F)N1CC(O)([C@@H]2CCCCN2)C1. The third-order valence-electron chi connectivity index (χ3n) is 11.1. The zero-order valence-corrected chi connectivity index (χ0v) is 41.9. The van der Waals surface area contributed by atoms with E-state index in [1.807, 2.05) is 45.2 Å². The number of amides is 2. The first-order chi connectivity index (χ1) is 29.9. The summed E-state index contributed by atoms with van der Waals surface area (Å²) in [5.41, 5.74) is 2.21. The van der Waals surface area contributed by atoms with Crippen LogP contribution in [0.4, 0.5) is 47.8 Å². The fourth-order valence-electron chi connectivity index (χ4n) is 7.69. The lowest BCUT2D eigenvalue weighted by Crippen LogP contribution is -2.72. The molecule has 0 aliphatic carbocycles. The Morgan fingerprint density at radius 1 is 0.615 bits per heavy atom. The van der Waals surface area contributed by atoms with Gasteiger partial charge in [0.1, 0.15) is 22.8 Å². The van der Waals surface area contributed by atoms with Gasteiger partial charge in [0, 0.05) is 56.5 Å². The lowest BCUT2D eigenvalue weighted by atomic mass is 9.81. The number of anilines is 3. The number of nitrogens with zero attached hydrogens (tertiary/aromatic N) is 2. The number of likely N-dealkylation sites (tertiary alicyclic amines) is 2. The lowest BCUT2D eigenvalue weighted by Gasteiger charge is -2.51. The molecule has 4 aliphatic heterocycles. The molecule has 0 bridgehead atoms. The van der Waals surface area contributed by atoms with Crippen molar-refractivity contribution in [2.45, 2.75) is 76.7 Å². The van der Waals surface area contributed by atoms with Gasteiger partial charge in [-0.2, -0.15) is 0 Å². The molecule has 0 aromatic heterocycles. The molecule has 4 aromatic rings. The first-order valence-electron chi connectivity index (χ1n) is 19.6. The number of piperidine rings is 2. The van der Waals surface area contributed by atoms with E-state index in [0.29, 0.717) is 3.57 Å². The van der Waals surface area contributed by atoms with Crippen molar-refractivity contribution in [1.29, 1.82) is 0 Å². The Bertz CT molecular complexity index is 2260. The molecule has 4 fully saturated rings. The summed E-state index contributed by atoms with van der Waals surface area (Å²) in [5.74, 6) is -9.17. The number of hydrogen-bond donors (Lipinski definition) is 6. The maximum absolute atomic E-state index is 14.6. The molecule has 65 heavy (non-hydrogen) atoms. The Labute approximate surface area is 425 Å². The minimum absolute atomic E-state index is 0. The van der Waals surface area contributed by atoms with E-state index < -0.39 is 69.2 Å². The van der Waals surface area contributed by atoms with Crippen LogP contribution in [0.2, 0.25) is 0 Å². The number of nitrogens with one attached hydrogen (secondary N) is 3. The second-order valence-electron chi connectivity index (χ2n) is 15.5. The summed E-state index contributed by atoms with van der Waals surface area (Å²) >= 11 is 8.20. The van der Waals surface area contributed by atoms with Gasteiger partial charge in [-0.05, 0) is 145 Å². The summed E-state index contributed by atoms with van der Waals surface area (Å²) < 4.78 is 96.3. The summed E-state index contributed by atoms with van der Waals surface area (Å²) in [6, 6.07) is 12.5. The standard InChI is InChI=1S/C21H21F3IN3O2.C15H17F3N2O2.C6H5FIN.2CH4.I2/c22-14-6-5-13(19(18(14)24)27-16-7-4-12(25)9-15(16)23)20(29)28-10-21(30,11-28)17-3-1-2-8-26-17;16-10-5-4-9(12(17)13(10)18)14(21)20-7-15(22,8-20)11-3-1-2-6-19-11;7-5-3-4(8)1-2-6(5)9;;;1-2/h4-7,9,17,26-27,30H,1-3,8,10-11H2;4-5,11,19,22H,1-3,6-8H2;1-3H,9H2;2*1H4;/t17-;11-;;;;/m00..../s1. The molecule has 4 saturated heterocycles. The number of nitrogens with two attached hydrogens (primary N) is 1. The number of aliphatic hydroxyl groups is 2. The molecular weight excluding hydrogens is 1320 g/mol. The summed E-state index contributed by atoms with van der Waals surface area (Å²) in [4.78, 5) is 27.8. The molecular formula is C44H51F7I4N6O4. The molecule has 2 atom stereocenters. The highest BCUT2D eigenvalue weighted by Crippen LogP contribution is 2.35. The van der Waals surface area contributed by atoms with Gasteiger partial charge in [0.2, 0.25) is 0 Å². The molecule has 8 rings (SSSR count). The maximum Gasteiger partial charge on any atom is 0.257 e. The zero-order chi connectivity index (χ0) is 46.2. The largest absolute Gasteiger partial charge is 0.396 e. The molecule has 0 spiro atoms. The minimum atomic E-state index is -1.66. The van der Waals surface area contributed by atoms with Crippen LogP contribution in [0.25, 0.3) is 0 Å². The van der Waals surface area contributed by atoms with Crippen LogP contribution in [0, 0.1) is 47.9 Å². The number of rotatable bonds is 6. The van der Waals surface area contributed by atoms with Crippen molar-refractivity contribution in [2.24, 2.45) is 0 Å². The van der Waals surface area contributed by atoms with Gasteiger partial charge in [-0.3, -0.25) is 9.59 Å². The molecule has 10 nitrogen and oxygen atoms in total. The predicted octanol–water partition coefficient (Wildman–Crippen LogP) is 10.3. The van der Waals surface area contributed by atoms with E-state index in [1.165, 1.54) is 34.1 Å². The van der Waals surface area contributed by atoms with Crippen LogP contribution >= 0.6 is 82.4 Å². The van der Waals surface area contributed by atoms with Gasteiger partial charge in [0.05, 0.1) is 54.4 Å². The number of carbonyl (C=O) groups is 2. The van der Waals surface area contributed by atoms with Crippen LogP contribution in [-0.4, -0.2) is 94.4 Å². The Kier molecular flexibility index (Phi) is 22.2. The Hall–Kier alpha value is -2.31. The minimum Gasteiger partial charge on any atom is -0.396 e. The highest BCUT2D eigenvalue weighted by molar-refractivity contribution is 15.0. The molecule has 21 heteroatoms. The summed E-state index contributed by atoms with van der Waals surface area (Å²) in [7, 11) is 0. The van der Waals surface area contributed by atoms with E-state index in [-0.39, 0.29) is 75.9 Å². The molecule has 0 saturated carbocycles. The highest BCUT2D eigenvalue weighted by Gasteiger charge is 2.51. The molecule has 4 aliphatic rings. The highest BCUT2D eigenvalue weighted by atomic mass is 128. The maximum atomic E-state index is 14.6. The summed E-state index contributed by atoms with van der Waals surface area (Å²) in [6.45, 7) is 1.95. The quantitative estimate of drug-likeness (QED) is 0.0485. The second kappa shape index (κ2) is 25.3. The van der Waals surface area contributed by atoms with Crippen molar-refractivity contribution in [3.8, 4) is 0 Å². The van der Waals surface area contributed by atoms with E-state index >= 15 is 0 Å². The van der Waals surface area contributed by atoms with Crippen molar-refractivity contribution in [2.75, 3.05) is 50.3 Å². The van der Waals surface area contributed by atoms with Crippen LogP contribution in [0.5, 0.6) is 0 Å². The molecule has 2 amide bonds. The van der Waals surface area contributed by atoms with Gasteiger partial charge in [-0.25, -0.2) is 30.7 Å². The molecule has 0 unspecified atom stereocenters. The van der Waals surface area contributed by atoms with Crippen LogP contribution in [-0.2, 0) is 0 Å². The van der Waals surface area contributed by atoms with Crippen LogP contribution in [0.15, 0.2) is 60.7 Å². The second-order valence-corrected chi connectivity index (χ2v) is 17.9. The third kappa shape index (κ3) is 13.9. The van der Waals surface area contributed by atoms with E-state index in [4.69, 9.17) is 5.73 Å². The van der Waals surface area contributed by atoms with Gasteiger partial charge >= 0.3 is 0 Å². The molecule has 0 radical (unpaired) electrons. The van der Waals surface area contributed by atoms with E-state index in [1.54, 1.807) is 18.2 Å². The van der Waals surface area contributed by atoms with Gasteiger partial charge in [0.25, 0.3) is 11.8 Å². The van der Waals surface area contributed by atoms with Gasteiger partial charge < -0.3 is 41.7 Å². The molecule has 4 aromatic carbocycles. The number of carbonyl (C=O) groups excluding carboxylic acids is 2. The fraction of sp³-hybridized carbons (Fsp3) is 0.409. The van der Waals surface area contributed by atoms with Gasteiger partial charge in [-0.1, -0.05) is 27.7 Å². The summed E-state index contributed by atoms with van der Waals surface area (Å²) in [5, 5.41) is 30.3.